The summed E-state index contributed by atoms with van der Waals surface area (Å²) in [6.07, 6.45) is 12.2. The van der Waals surface area contributed by atoms with Crippen LogP contribution in [0.25, 0.3) is 0 Å². The van der Waals surface area contributed by atoms with Crippen LogP contribution in [0.3, 0.4) is 0 Å². The van der Waals surface area contributed by atoms with E-state index in [2.05, 4.69) is 6.92 Å². The van der Waals surface area contributed by atoms with Crippen molar-refractivity contribution in [3.05, 3.63) is 64.1 Å². The van der Waals surface area contributed by atoms with E-state index < -0.39 is 12.7 Å². The molecule has 0 fully saturated rings. The average molecular weight is 467 g/mol. The number of hydrogen-bond donors (Lipinski definition) is 0. The van der Waals surface area contributed by atoms with Crippen molar-refractivity contribution in [2.24, 2.45) is 0 Å². The third-order valence-electron chi connectivity index (χ3n) is 5.50. The largest absolute Gasteiger partial charge is 0.310 e. The van der Waals surface area contributed by atoms with Gasteiger partial charge < -0.3 is 4.57 Å². The van der Waals surface area contributed by atoms with Gasteiger partial charge >= 0.3 is 0 Å². The van der Waals surface area contributed by atoms with Crippen molar-refractivity contribution in [1.82, 2.24) is 0 Å². The molecular formula is C25H33Cl2O2P. The van der Waals surface area contributed by atoms with Crippen LogP contribution in [0.4, 0.5) is 0 Å². The van der Waals surface area contributed by atoms with Crippen LogP contribution in [0.2, 0.25) is 10.0 Å². The van der Waals surface area contributed by atoms with Gasteiger partial charge in [0.15, 0.2) is 7.14 Å². The highest BCUT2D eigenvalue weighted by Crippen LogP contribution is 2.50. The molecule has 0 N–H and O–H groups in total. The Kier molecular flexibility index (Phi) is 11.2. The fourth-order valence-corrected chi connectivity index (χ4v) is 7.04. The number of benzene rings is 2. The zero-order valence-electron chi connectivity index (χ0n) is 17.9. The quantitative estimate of drug-likeness (QED) is 0.206. The van der Waals surface area contributed by atoms with E-state index in [0.717, 1.165) is 19.3 Å². The fourth-order valence-electron chi connectivity index (χ4n) is 3.72. The highest BCUT2D eigenvalue weighted by atomic mass is 35.5. The van der Waals surface area contributed by atoms with E-state index in [4.69, 9.17) is 23.2 Å². The van der Waals surface area contributed by atoms with Crippen molar-refractivity contribution in [2.45, 2.75) is 71.1 Å². The first-order valence-corrected chi connectivity index (χ1v) is 13.8. The third kappa shape index (κ3) is 7.26. The lowest BCUT2D eigenvalue weighted by Crippen LogP contribution is -2.17. The Balaban J connectivity index is 1.98. The Bertz CT molecular complexity index is 816. The summed E-state index contributed by atoms with van der Waals surface area (Å²) in [6.45, 7) is 2.23. The summed E-state index contributed by atoms with van der Waals surface area (Å²) in [5, 5.41) is 1.10. The highest BCUT2D eigenvalue weighted by Gasteiger charge is 2.36. The SMILES string of the molecule is CCCCCCCCCCCCP(=O)(C(=O)c1c(Cl)cccc1Cl)c1ccccc1. The molecule has 2 nitrogen and oxygen atoms in total. The molecular weight excluding hydrogens is 434 g/mol. The summed E-state index contributed by atoms with van der Waals surface area (Å²) in [4.78, 5) is 13.4. The molecule has 0 saturated carbocycles. The number of unbranched alkanes of at least 4 members (excludes halogenated alkanes) is 9. The van der Waals surface area contributed by atoms with Gasteiger partial charge in [0, 0.05) is 11.5 Å². The van der Waals surface area contributed by atoms with E-state index in [1.54, 1.807) is 30.3 Å². The molecule has 0 amide bonds. The Hall–Kier alpha value is -1.08. The molecule has 0 radical (unpaired) electrons. The van der Waals surface area contributed by atoms with Crippen molar-refractivity contribution in [1.29, 1.82) is 0 Å². The van der Waals surface area contributed by atoms with Gasteiger partial charge in [-0.2, -0.15) is 0 Å². The van der Waals surface area contributed by atoms with E-state index in [-0.39, 0.29) is 15.6 Å². The third-order valence-corrected chi connectivity index (χ3v) is 9.09. The van der Waals surface area contributed by atoms with Gasteiger partial charge in [-0.15, -0.1) is 0 Å². The lowest BCUT2D eigenvalue weighted by atomic mass is 10.1. The van der Waals surface area contributed by atoms with Gasteiger partial charge in [-0.25, -0.2) is 0 Å². The van der Waals surface area contributed by atoms with Gasteiger partial charge in [-0.05, 0) is 18.6 Å². The van der Waals surface area contributed by atoms with Crippen molar-refractivity contribution >= 4 is 41.2 Å². The first kappa shape index (κ1) is 25.2. The fraction of sp³-hybridized carbons (Fsp3) is 0.480. The van der Waals surface area contributed by atoms with Crippen LogP contribution in [-0.4, -0.2) is 11.7 Å². The second kappa shape index (κ2) is 13.4. The summed E-state index contributed by atoms with van der Waals surface area (Å²) in [5.74, 6) is 0. The Morgan fingerprint density at radius 1 is 0.733 bits per heavy atom. The maximum absolute atomic E-state index is 14.0. The minimum Gasteiger partial charge on any atom is -0.310 e. The molecule has 0 spiro atoms. The molecule has 30 heavy (non-hydrogen) atoms. The lowest BCUT2D eigenvalue weighted by molar-refractivity contribution is 0.107. The number of halogens is 2. The van der Waals surface area contributed by atoms with Gasteiger partial charge in [0.25, 0.3) is 0 Å². The predicted molar refractivity (Wildman–Crippen MR) is 131 cm³/mol. The maximum Gasteiger partial charge on any atom is 0.228 e. The van der Waals surface area contributed by atoms with Crippen LogP contribution >= 0.6 is 30.3 Å². The van der Waals surface area contributed by atoms with E-state index in [0.29, 0.717) is 11.5 Å². The molecule has 1 unspecified atom stereocenters. The molecule has 0 aromatic heterocycles. The van der Waals surface area contributed by atoms with Gasteiger partial charge in [-0.1, -0.05) is 124 Å². The zero-order valence-corrected chi connectivity index (χ0v) is 20.3. The second-order valence-electron chi connectivity index (χ2n) is 7.88. The second-order valence-corrected chi connectivity index (χ2v) is 11.5. The molecule has 5 heteroatoms. The topological polar surface area (TPSA) is 34.1 Å². The van der Waals surface area contributed by atoms with Crippen molar-refractivity contribution in [2.75, 3.05) is 6.16 Å². The van der Waals surface area contributed by atoms with E-state index in [1.165, 1.54) is 44.9 Å². The molecule has 164 valence electrons. The first-order valence-electron chi connectivity index (χ1n) is 11.1. The Morgan fingerprint density at radius 3 is 1.77 bits per heavy atom. The highest BCUT2D eigenvalue weighted by molar-refractivity contribution is 7.87. The van der Waals surface area contributed by atoms with Gasteiger partial charge in [0.2, 0.25) is 5.52 Å². The zero-order chi connectivity index (χ0) is 21.8. The molecule has 2 aromatic carbocycles. The molecule has 0 aliphatic carbocycles. The molecule has 2 rings (SSSR count). The Morgan fingerprint density at radius 2 is 1.23 bits per heavy atom. The number of hydrogen-bond acceptors (Lipinski definition) is 2. The van der Waals surface area contributed by atoms with Gasteiger partial charge in [-0.3, -0.25) is 4.79 Å². The van der Waals surface area contributed by atoms with Crippen LogP contribution in [-0.2, 0) is 4.57 Å². The van der Waals surface area contributed by atoms with Gasteiger partial charge in [0.05, 0.1) is 15.6 Å². The minimum atomic E-state index is -3.32. The number of carbonyl (C=O) groups is 1. The van der Waals surface area contributed by atoms with Crippen molar-refractivity contribution in [3.8, 4) is 0 Å². The molecule has 0 saturated heterocycles. The summed E-state index contributed by atoms with van der Waals surface area (Å²) in [5.41, 5.74) is -0.250. The standard InChI is InChI=1S/C25H33Cl2O2P/c1-2-3-4-5-6-7-8-9-10-14-20-30(29,21-16-12-11-13-17-21)25(28)24-22(26)18-15-19-23(24)27/h11-13,15-19H,2-10,14,20H2,1H3. The summed E-state index contributed by atoms with van der Waals surface area (Å²) < 4.78 is 14.0. The van der Waals surface area contributed by atoms with E-state index in [9.17, 15) is 9.36 Å². The molecule has 0 heterocycles. The molecule has 0 bridgehead atoms. The van der Waals surface area contributed by atoms with Crippen LogP contribution in [0, 0.1) is 0 Å². The van der Waals surface area contributed by atoms with Crippen LogP contribution < -0.4 is 5.30 Å². The molecule has 2 aromatic rings. The summed E-state index contributed by atoms with van der Waals surface area (Å²) in [7, 11) is -3.32. The van der Waals surface area contributed by atoms with Crippen molar-refractivity contribution in [3.63, 3.8) is 0 Å². The number of rotatable bonds is 14. The first-order chi connectivity index (χ1) is 14.5. The normalized spacial score (nSPS) is 13.2. The summed E-state index contributed by atoms with van der Waals surface area (Å²) in [6, 6.07) is 14.0. The summed E-state index contributed by atoms with van der Waals surface area (Å²) >= 11 is 12.5. The van der Waals surface area contributed by atoms with Crippen LogP contribution in [0.5, 0.6) is 0 Å². The van der Waals surface area contributed by atoms with Gasteiger partial charge in [0.1, 0.15) is 0 Å². The predicted octanol–water partition coefficient (Wildman–Crippen LogP) is 8.74. The molecule has 1 atom stereocenters. The van der Waals surface area contributed by atoms with E-state index in [1.807, 2.05) is 18.2 Å². The Labute approximate surface area is 191 Å². The monoisotopic (exact) mass is 466 g/mol. The average Bonchev–Trinajstić information content (AvgIpc) is 2.75. The molecule has 0 aliphatic heterocycles. The van der Waals surface area contributed by atoms with Crippen molar-refractivity contribution < 1.29 is 9.36 Å². The number of carbonyl (C=O) groups excluding carboxylic acids is 1. The maximum atomic E-state index is 14.0. The van der Waals surface area contributed by atoms with E-state index >= 15 is 0 Å². The smallest absolute Gasteiger partial charge is 0.228 e. The van der Waals surface area contributed by atoms with Crippen LogP contribution in [0.15, 0.2) is 48.5 Å². The van der Waals surface area contributed by atoms with Crippen LogP contribution in [0.1, 0.15) is 81.5 Å². The molecule has 0 aliphatic rings. The lowest BCUT2D eigenvalue weighted by Gasteiger charge is -2.19. The minimum absolute atomic E-state index is 0.181.